The number of rotatable bonds is 5. The van der Waals surface area contributed by atoms with Crippen LogP contribution in [0.3, 0.4) is 0 Å². The third-order valence-electron chi connectivity index (χ3n) is 1.92. The zero-order valence-electron chi connectivity index (χ0n) is 6.48. The van der Waals surface area contributed by atoms with Crippen molar-refractivity contribution < 1.29 is 4.74 Å². The largest absolute Gasteiger partial charge is 0.385 e. The predicted octanol–water partition coefficient (Wildman–Crippen LogP) is 2.43. The van der Waals surface area contributed by atoms with Gasteiger partial charge in [-0.1, -0.05) is 12.8 Å². The van der Waals surface area contributed by atoms with Crippen LogP contribution in [0.2, 0.25) is 0 Å². The number of ether oxygens (including phenoxy) is 1. The van der Waals surface area contributed by atoms with Crippen molar-refractivity contribution in [2.24, 2.45) is 5.92 Å². The van der Waals surface area contributed by atoms with Crippen molar-refractivity contribution in [1.29, 1.82) is 0 Å². The molecule has 1 atom stereocenters. The highest BCUT2D eigenvalue weighted by atomic mass is 35.5. The van der Waals surface area contributed by atoms with Crippen LogP contribution in [0.5, 0.6) is 0 Å². The van der Waals surface area contributed by atoms with E-state index in [9.17, 15) is 0 Å². The van der Waals surface area contributed by atoms with Crippen molar-refractivity contribution in [2.75, 3.05) is 13.7 Å². The van der Waals surface area contributed by atoms with Gasteiger partial charge in [-0.15, -0.1) is 11.6 Å². The summed E-state index contributed by atoms with van der Waals surface area (Å²) in [5, 5.41) is 0.354. The Labute approximate surface area is 67.7 Å². The predicted molar refractivity (Wildman–Crippen MR) is 43.5 cm³/mol. The van der Waals surface area contributed by atoms with Crippen LogP contribution in [0.25, 0.3) is 0 Å². The summed E-state index contributed by atoms with van der Waals surface area (Å²) in [6.07, 6.45) is 5.01. The highest BCUT2D eigenvalue weighted by Crippen LogP contribution is 2.35. The van der Waals surface area contributed by atoms with E-state index in [1.165, 1.54) is 19.3 Å². The lowest BCUT2D eigenvalue weighted by Gasteiger charge is -2.06. The van der Waals surface area contributed by atoms with Crippen molar-refractivity contribution in [3.05, 3.63) is 0 Å². The van der Waals surface area contributed by atoms with Crippen LogP contribution in [0.4, 0.5) is 0 Å². The summed E-state index contributed by atoms with van der Waals surface area (Å²) in [7, 11) is 1.72. The lowest BCUT2D eigenvalue weighted by molar-refractivity contribution is 0.192. The first-order valence-electron chi connectivity index (χ1n) is 3.96. The van der Waals surface area contributed by atoms with Crippen LogP contribution in [0.15, 0.2) is 0 Å². The van der Waals surface area contributed by atoms with E-state index < -0.39 is 0 Å². The Kier molecular flexibility index (Phi) is 3.50. The van der Waals surface area contributed by atoms with Crippen LogP contribution in [0.1, 0.15) is 25.7 Å². The van der Waals surface area contributed by atoms with Crippen LogP contribution >= 0.6 is 11.6 Å². The highest BCUT2D eigenvalue weighted by Gasteiger charge is 2.23. The quantitative estimate of drug-likeness (QED) is 0.565. The fourth-order valence-corrected chi connectivity index (χ4v) is 1.42. The maximum absolute atomic E-state index is 6.01. The van der Waals surface area contributed by atoms with E-state index in [-0.39, 0.29) is 0 Å². The molecular formula is C8H15ClO. The standard InChI is InChI=1S/C8H15ClO/c1-10-5-4-8(9)6-7-2-3-7/h7-8H,2-6H2,1H3. The third kappa shape index (κ3) is 3.43. The highest BCUT2D eigenvalue weighted by molar-refractivity contribution is 6.20. The molecule has 0 heterocycles. The molecule has 1 nitrogen and oxygen atoms in total. The molecule has 1 fully saturated rings. The second-order valence-corrected chi connectivity index (χ2v) is 3.68. The van der Waals surface area contributed by atoms with E-state index in [4.69, 9.17) is 16.3 Å². The van der Waals surface area contributed by atoms with Gasteiger partial charge < -0.3 is 4.74 Å². The average Bonchev–Trinajstić information content (AvgIpc) is 2.67. The molecule has 0 spiro atoms. The van der Waals surface area contributed by atoms with E-state index >= 15 is 0 Å². The van der Waals surface area contributed by atoms with E-state index in [1.54, 1.807) is 7.11 Å². The summed E-state index contributed by atoms with van der Waals surface area (Å²) in [5.41, 5.74) is 0. The Bertz CT molecular complexity index is 91.3. The number of methoxy groups -OCH3 is 1. The smallest absolute Gasteiger partial charge is 0.0476 e. The molecule has 0 aromatic rings. The van der Waals surface area contributed by atoms with Crippen molar-refractivity contribution in [2.45, 2.75) is 31.1 Å². The molecule has 1 rings (SSSR count). The summed E-state index contributed by atoms with van der Waals surface area (Å²) in [6.45, 7) is 0.806. The van der Waals surface area contributed by atoms with Crippen LogP contribution in [0, 0.1) is 5.92 Å². The fourth-order valence-electron chi connectivity index (χ4n) is 1.08. The van der Waals surface area contributed by atoms with Gasteiger partial charge in [0.05, 0.1) is 0 Å². The molecule has 1 aliphatic carbocycles. The van der Waals surface area contributed by atoms with Crippen molar-refractivity contribution >= 4 is 11.6 Å². The van der Waals surface area contributed by atoms with Gasteiger partial charge in [-0.2, -0.15) is 0 Å². The first-order chi connectivity index (χ1) is 4.83. The van der Waals surface area contributed by atoms with Crippen LogP contribution in [-0.2, 0) is 4.74 Å². The molecule has 0 aromatic carbocycles. The van der Waals surface area contributed by atoms with Gasteiger partial charge in [0.2, 0.25) is 0 Å². The van der Waals surface area contributed by atoms with E-state index in [0.29, 0.717) is 5.38 Å². The van der Waals surface area contributed by atoms with Crippen molar-refractivity contribution in [1.82, 2.24) is 0 Å². The molecule has 1 aliphatic rings. The number of hydrogen-bond donors (Lipinski definition) is 0. The van der Waals surface area contributed by atoms with Gasteiger partial charge in [0.25, 0.3) is 0 Å². The minimum atomic E-state index is 0.354. The molecule has 10 heavy (non-hydrogen) atoms. The van der Waals surface area contributed by atoms with Crippen LogP contribution < -0.4 is 0 Å². The SMILES string of the molecule is COCCC(Cl)CC1CC1. The Balaban J connectivity index is 1.91. The maximum Gasteiger partial charge on any atom is 0.0476 e. The minimum Gasteiger partial charge on any atom is -0.385 e. The molecule has 0 aromatic heterocycles. The summed E-state index contributed by atoms with van der Waals surface area (Å²) >= 11 is 6.01. The molecule has 1 unspecified atom stereocenters. The fraction of sp³-hybridized carbons (Fsp3) is 1.00. The number of alkyl halides is 1. The zero-order chi connectivity index (χ0) is 7.40. The molecule has 2 heteroatoms. The lowest BCUT2D eigenvalue weighted by Crippen LogP contribution is -2.03. The average molecular weight is 163 g/mol. The summed E-state index contributed by atoms with van der Waals surface area (Å²) in [4.78, 5) is 0. The maximum atomic E-state index is 6.01. The lowest BCUT2D eigenvalue weighted by atomic mass is 10.2. The van der Waals surface area contributed by atoms with E-state index in [1.807, 2.05) is 0 Å². The van der Waals surface area contributed by atoms with E-state index in [2.05, 4.69) is 0 Å². The Morgan fingerprint density at radius 1 is 1.60 bits per heavy atom. The molecular weight excluding hydrogens is 148 g/mol. The molecule has 0 radical (unpaired) electrons. The van der Waals surface area contributed by atoms with Gasteiger partial charge in [-0.25, -0.2) is 0 Å². The van der Waals surface area contributed by atoms with Crippen molar-refractivity contribution in [3.8, 4) is 0 Å². The Morgan fingerprint density at radius 3 is 2.80 bits per heavy atom. The summed E-state index contributed by atoms with van der Waals surface area (Å²) in [5.74, 6) is 0.944. The summed E-state index contributed by atoms with van der Waals surface area (Å²) < 4.78 is 4.93. The Hall–Kier alpha value is 0.250. The first-order valence-corrected chi connectivity index (χ1v) is 4.39. The monoisotopic (exact) mass is 162 g/mol. The first kappa shape index (κ1) is 8.35. The van der Waals surface area contributed by atoms with Gasteiger partial charge >= 0.3 is 0 Å². The normalized spacial score (nSPS) is 21.0. The second-order valence-electron chi connectivity index (χ2n) is 3.06. The van der Waals surface area contributed by atoms with E-state index in [0.717, 1.165) is 18.9 Å². The van der Waals surface area contributed by atoms with Gasteiger partial charge in [-0.3, -0.25) is 0 Å². The van der Waals surface area contributed by atoms with Crippen LogP contribution in [-0.4, -0.2) is 19.1 Å². The Morgan fingerprint density at radius 2 is 2.30 bits per heavy atom. The molecule has 60 valence electrons. The molecule has 0 saturated heterocycles. The molecule has 0 amide bonds. The van der Waals surface area contributed by atoms with Gasteiger partial charge in [0, 0.05) is 19.1 Å². The minimum absolute atomic E-state index is 0.354. The van der Waals surface area contributed by atoms with Gasteiger partial charge in [0.1, 0.15) is 0 Å². The number of halogens is 1. The second kappa shape index (κ2) is 4.20. The summed E-state index contributed by atoms with van der Waals surface area (Å²) in [6, 6.07) is 0. The zero-order valence-corrected chi connectivity index (χ0v) is 7.23. The van der Waals surface area contributed by atoms with Crippen molar-refractivity contribution in [3.63, 3.8) is 0 Å². The third-order valence-corrected chi connectivity index (χ3v) is 2.32. The molecule has 0 bridgehead atoms. The molecule has 0 N–H and O–H groups in total. The van der Waals surface area contributed by atoms with Gasteiger partial charge in [-0.05, 0) is 18.8 Å². The molecule has 1 saturated carbocycles. The molecule has 0 aliphatic heterocycles. The number of hydrogen-bond acceptors (Lipinski definition) is 1. The topological polar surface area (TPSA) is 9.23 Å². The van der Waals surface area contributed by atoms with Gasteiger partial charge in [0.15, 0.2) is 0 Å².